The second-order valence-electron chi connectivity index (χ2n) is 5.62. The normalized spacial score (nSPS) is 11.0. The van der Waals surface area contributed by atoms with Gasteiger partial charge in [-0.3, -0.25) is 0 Å². The zero-order valence-electron chi connectivity index (χ0n) is 12.8. The number of fused-ring (bicyclic) bond motifs is 1. The molecule has 4 aromatic rings. The molecule has 24 heavy (non-hydrogen) atoms. The highest BCUT2D eigenvalue weighted by atomic mass is 16.3. The van der Waals surface area contributed by atoms with E-state index in [9.17, 15) is 5.11 Å². The van der Waals surface area contributed by atoms with Gasteiger partial charge in [0, 0.05) is 33.8 Å². The van der Waals surface area contributed by atoms with E-state index in [1.54, 1.807) is 18.2 Å². The number of aromatic nitrogens is 2. The standard InChI is InChI=1S/C19H16N4O/c20-18-13(14-10-22-15-7-3-1-5-11(14)15)9-16(23-19(18)21)12-6-2-4-8-17(12)24/h1-10,22,24H,20H2,(H2,21,23). The van der Waals surface area contributed by atoms with Gasteiger partial charge < -0.3 is 21.6 Å². The van der Waals surface area contributed by atoms with Crippen LogP contribution in [-0.4, -0.2) is 15.1 Å². The fourth-order valence-electron chi connectivity index (χ4n) is 2.92. The van der Waals surface area contributed by atoms with Crippen LogP contribution in [0.2, 0.25) is 0 Å². The lowest BCUT2D eigenvalue weighted by Crippen LogP contribution is -2.01. The fraction of sp³-hybridized carbons (Fsp3) is 0. The highest BCUT2D eigenvalue weighted by molar-refractivity contribution is 6.00. The molecule has 0 unspecified atom stereocenters. The van der Waals surface area contributed by atoms with Crippen LogP contribution in [-0.2, 0) is 0 Å². The SMILES string of the molecule is Nc1nc(-c2ccccc2O)cc(-c2c[nH]c3ccccc23)c1N. The van der Waals surface area contributed by atoms with E-state index in [4.69, 9.17) is 11.5 Å². The summed E-state index contributed by atoms with van der Waals surface area (Å²) >= 11 is 0. The van der Waals surface area contributed by atoms with Crippen molar-refractivity contribution in [3.05, 3.63) is 60.8 Å². The highest BCUT2D eigenvalue weighted by Gasteiger charge is 2.15. The van der Waals surface area contributed by atoms with Crippen LogP contribution in [0, 0.1) is 0 Å². The molecule has 6 N–H and O–H groups in total. The van der Waals surface area contributed by atoms with Gasteiger partial charge in [0.1, 0.15) is 11.6 Å². The number of anilines is 2. The molecule has 118 valence electrons. The minimum atomic E-state index is 0.152. The third kappa shape index (κ3) is 2.14. The molecule has 5 nitrogen and oxygen atoms in total. The van der Waals surface area contributed by atoms with Crippen molar-refractivity contribution >= 4 is 22.4 Å². The average molecular weight is 316 g/mol. The number of nitrogens with one attached hydrogen (secondary N) is 1. The summed E-state index contributed by atoms with van der Waals surface area (Å²) in [6, 6.07) is 16.9. The first kappa shape index (κ1) is 14.1. The largest absolute Gasteiger partial charge is 0.507 e. The summed E-state index contributed by atoms with van der Waals surface area (Å²) in [5.41, 5.74) is 16.6. The summed E-state index contributed by atoms with van der Waals surface area (Å²) in [6.45, 7) is 0. The molecule has 2 aromatic carbocycles. The summed E-state index contributed by atoms with van der Waals surface area (Å²) in [5.74, 6) is 0.398. The van der Waals surface area contributed by atoms with Crippen molar-refractivity contribution in [3.8, 4) is 28.1 Å². The number of phenolic OH excluding ortho intramolecular Hbond substituents is 1. The Bertz CT molecular complexity index is 1050. The number of benzene rings is 2. The Hall–Kier alpha value is -3.47. The summed E-state index contributed by atoms with van der Waals surface area (Å²) < 4.78 is 0. The van der Waals surface area contributed by atoms with Crippen LogP contribution >= 0.6 is 0 Å². The van der Waals surface area contributed by atoms with Crippen LogP contribution < -0.4 is 11.5 Å². The predicted octanol–water partition coefficient (Wildman–Crippen LogP) is 3.77. The molecule has 0 radical (unpaired) electrons. The number of phenols is 1. The maximum absolute atomic E-state index is 10.1. The summed E-state index contributed by atoms with van der Waals surface area (Å²) in [4.78, 5) is 7.57. The molecule has 0 aliphatic rings. The van der Waals surface area contributed by atoms with Crippen LogP contribution in [0.3, 0.4) is 0 Å². The summed E-state index contributed by atoms with van der Waals surface area (Å²) in [7, 11) is 0. The molecule has 2 aromatic heterocycles. The molecule has 0 amide bonds. The minimum Gasteiger partial charge on any atom is -0.507 e. The Morgan fingerprint density at radius 1 is 0.875 bits per heavy atom. The van der Waals surface area contributed by atoms with E-state index in [0.29, 0.717) is 16.9 Å². The second-order valence-corrected chi connectivity index (χ2v) is 5.62. The van der Waals surface area contributed by atoms with E-state index in [1.165, 1.54) is 0 Å². The Morgan fingerprint density at radius 3 is 2.46 bits per heavy atom. The molecule has 0 fully saturated rings. The Kier molecular flexibility index (Phi) is 3.13. The molecule has 0 spiro atoms. The van der Waals surface area contributed by atoms with Crippen molar-refractivity contribution in [2.24, 2.45) is 0 Å². The van der Waals surface area contributed by atoms with Crippen molar-refractivity contribution < 1.29 is 5.11 Å². The first-order valence-corrected chi connectivity index (χ1v) is 7.56. The molecule has 0 saturated carbocycles. The predicted molar refractivity (Wildman–Crippen MR) is 97.5 cm³/mol. The molecule has 4 rings (SSSR count). The number of aromatic amines is 1. The van der Waals surface area contributed by atoms with Crippen molar-refractivity contribution in [1.82, 2.24) is 9.97 Å². The molecule has 0 bridgehead atoms. The molecular formula is C19H16N4O. The van der Waals surface area contributed by atoms with Gasteiger partial charge in [-0.25, -0.2) is 4.98 Å². The summed E-state index contributed by atoms with van der Waals surface area (Å²) in [5, 5.41) is 11.2. The maximum atomic E-state index is 10.1. The van der Waals surface area contributed by atoms with E-state index >= 15 is 0 Å². The van der Waals surface area contributed by atoms with Gasteiger partial charge in [-0.1, -0.05) is 30.3 Å². The van der Waals surface area contributed by atoms with E-state index < -0.39 is 0 Å². The Balaban J connectivity index is 1.98. The maximum Gasteiger partial charge on any atom is 0.147 e. The number of pyridine rings is 1. The lowest BCUT2D eigenvalue weighted by Gasteiger charge is -2.11. The number of para-hydroxylation sites is 2. The van der Waals surface area contributed by atoms with Crippen molar-refractivity contribution in [2.75, 3.05) is 11.5 Å². The number of aromatic hydroxyl groups is 1. The number of nitrogen functional groups attached to an aromatic ring is 2. The van der Waals surface area contributed by atoms with Gasteiger partial charge in [0.25, 0.3) is 0 Å². The van der Waals surface area contributed by atoms with Crippen molar-refractivity contribution in [3.63, 3.8) is 0 Å². The Labute approximate surface area is 138 Å². The smallest absolute Gasteiger partial charge is 0.147 e. The molecule has 0 saturated heterocycles. The summed E-state index contributed by atoms with van der Waals surface area (Å²) in [6.07, 6.45) is 1.91. The first-order chi connectivity index (χ1) is 11.6. The fourth-order valence-corrected chi connectivity index (χ4v) is 2.92. The van der Waals surface area contributed by atoms with Gasteiger partial charge in [0.2, 0.25) is 0 Å². The zero-order valence-corrected chi connectivity index (χ0v) is 12.8. The molecule has 0 aliphatic heterocycles. The molecule has 0 atom stereocenters. The third-order valence-corrected chi connectivity index (χ3v) is 4.15. The number of rotatable bonds is 2. The van der Waals surface area contributed by atoms with E-state index in [0.717, 1.165) is 22.0 Å². The topological polar surface area (TPSA) is 101 Å². The molecule has 0 aliphatic carbocycles. The molecule has 2 heterocycles. The van der Waals surface area contributed by atoms with Crippen LogP contribution in [0.15, 0.2) is 60.8 Å². The van der Waals surface area contributed by atoms with Gasteiger partial charge >= 0.3 is 0 Å². The highest BCUT2D eigenvalue weighted by Crippen LogP contribution is 2.38. The number of hydrogen-bond donors (Lipinski definition) is 4. The average Bonchev–Trinajstić information content (AvgIpc) is 3.02. The number of hydrogen-bond acceptors (Lipinski definition) is 4. The number of H-pyrrole nitrogens is 1. The number of nitrogens with two attached hydrogens (primary N) is 2. The minimum absolute atomic E-state index is 0.152. The van der Waals surface area contributed by atoms with E-state index in [2.05, 4.69) is 9.97 Å². The van der Waals surface area contributed by atoms with Gasteiger partial charge in [0.15, 0.2) is 0 Å². The van der Waals surface area contributed by atoms with Gasteiger partial charge in [-0.15, -0.1) is 0 Å². The van der Waals surface area contributed by atoms with Gasteiger partial charge in [0.05, 0.1) is 11.4 Å². The van der Waals surface area contributed by atoms with Crippen molar-refractivity contribution in [2.45, 2.75) is 0 Å². The monoisotopic (exact) mass is 316 g/mol. The van der Waals surface area contributed by atoms with Crippen LogP contribution in [0.5, 0.6) is 5.75 Å². The first-order valence-electron chi connectivity index (χ1n) is 7.56. The zero-order chi connectivity index (χ0) is 16.7. The van der Waals surface area contributed by atoms with Crippen LogP contribution in [0.25, 0.3) is 33.3 Å². The third-order valence-electron chi connectivity index (χ3n) is 4.15. The van der Waals surface area contributed by atoms with E-state index in [1.807, 2.05) is 42.6 Å². The van der Waals surface area contributed by atoms with Crippen LogP contribution in [0.1, 0.15) is 0 Å². The Morgan fingerprint density at radius 2 is 1.62 bits per heavy atom. The van der Waals surface area contributed by atoms with Gasteiger partial charge in [-0.05, 0) is 24.3 Å². The number of nitrogens with zero attached hydrogens (tertiary/aromatic N) is 1. The van der Waals surface area contributed by atoms with Gasteiger partial charge in [-0.2, -0.15) is 0 Å². The van der Waals surface area contributed by atoms with E-state index in [-0.39, 0.29) is 11.6 Å². The molecular weight excluding hydrogens is 300 g/mol. The lowest BCUT2D eigenvalue weighted by atomic mass is 10.0. The molecule has 5 heteroatoms. The quantitative estimate of drug-likeness (QED) is 0.452. The lowest BCUT2D eigenvalue weighted by molar-refractivity contribution is 0.477. The van der Waals surface area contributed by atoms with Crippen molar-refractivity contribution in [1.29, 1.82) is 0 Å². The van der Waals surface area contributed by atoms with Crippen LogP contribution in [0.4, 0.5) is 11.5 Å². The second kappa shape index (κ2) is 5.31.